The van der Waals surface area contributed by atoms with Gasteiger partial charge in [0.05, 0.1) is 16.8 Å². The van der Waals surface area contributed by atoms with E-state index in [9.17, 15) is 17.6 Å². The average Bonchev–Trinajstić information content (AvgIpc) is 3.43. The van der Waals surface area contributed by atoms with Gasteiger partial charge in [0.25, 0.3) is 10.0 Å². The van der Waals surface area contributed by atoms with Gasteiger partial charge < -0.3 is 4.74 Å². The van der Waals surface area contributed by atoms with Gasteiger partial charge in [0.15, 0.2) is 12.5 Å². The second-order valence-electron chi connectivity index (χ2n) is 8.95. The molecule has 0 aliphatic heterocycles. The first-order valence-corrected chi connectivity index (χ1v) is 14.1. The van der Waals surface area contributed by atoms with E-state index in [2.05, 4.69) is 10.1 Å². The number of ether oxygens (including phenoxy) is 1. The first kappa shape index (κ1) is 28.6. The molecule has 0 radical (unpaired) electrons. The number of nitrogens with zero attached hydrogens (tertiary/aromatic N) is 4. The van der Waals surface area contributed by atoms with Crippen molar-refractivity contribution in [3.8, 4) is 22.4 Å². The van der Waals surface area contributed by atoms with Crippen LogP contribution in [0.4, 0.5) is 18.9 Å². The van der Waals surface area contributed by atoms with Crippen molar-refractivity contribution < 1.29 is 31.1 Å². The number of carbonyl (C=O) groups is 1. The molecule has 0 aliphatic carbocycles. The number of pyridine rings is 1. The van der Waals surface area contributed by atoms with Crippen LogP contribution in [0.2, 0.25) is 0 Å². The molecule has 2 aromatic heterocycles. The van der Waals surface area contributed by atoms with Crippen molar-refractivity contribution in [1.82, 2.24) is 14.8 Å². The summed E-state index contributed by atoms with van der Waals surface area (Å²) in [6.07, 6.45) is 4.62. The van der Waals surface area contributed by atoms with E-state index in [1.807, 2.05) is 0 Å². The molecule has 12 heteroatoms. The molecular formula is C30H23F3N4O4S. The summed E-state index contributed by atoms with van der Waals surface area (Å²) >= 11 is 0. The Morgan fingerprint density at radius 3 is 2.29 bits per heavy atom. The van der Waals surface area contributed by atoms with E-state index in [0.29, 0.717) is 22.0 Å². The fourth-order valence-corrected chi connectivity index (χ4v) is 5.67. The quantitative estimate of drug-likeness (QED) is 0.153. The highest BCUT2D eigenvalue weighted by molar-refractivity contribution is 7.92. The third-order valence-electron chi connectivity index (χ3n) is 6.38. The molecule has 0 amide bonds. The van der Waals surface area contributed by atoms with Crippen molar-refractivity contribution in [1.29, 1.82) is 0 Å². The number of hydrogen-bond acceptors (Lipinski definition) is 6. The van der Waals surface area contributed by atoms with Gasteiger partial charge in [-0.3, -0.25) is 9.67 Å². The molecule has 8 nitrogen and oxygen atoms in total. The number of benzene rings is 3. The summed E-state index contributed by atoms with van der Waals surface area (Å²) < 4.78 is 81.1. The van der Waals surface area contributed by atoms with Crippen molar-refractivity contribution in [2.24, 2.45) is 0 Å². The largest absolute Gasteiger partial charge is 0.440 e. The molecule has 0 spiro atoms. The van der Waals surface area contributed by atoms with Crippen LogP contribution in [0.25, 0.3) is 22.4 Å². The van der Waals surface area contributed by atoms with Gasteiger partial charge in [-0.15, -0.1) is 0 Å². The number of anilines is 1. The van der Waals surface area contributed by atoms with Crippen molar-refractivity contribution in [3.63, 3.8) is 0 Å². The molecule has 0 saturated carbocycles. The molecule has 5 rings (SSSR count). The summed E-state index contributed by atoms with van der Waals surface area (Å²) in [6, 6.07) is 17.2. The highest BCUT2D eigenvalue weighted by atomic mass is 32.2. The lowest BCUT2D eigenvalue weighted by Gasteiger charge is -2.25. The molecule has 3 aromatic carbocycles. The number of aryl methyl sites for hydroxylation is 1. The predicted molar refractivity (Wildman–Crippen MR) is 149 cm³/mol. The summed E-state index contributed by atoms with van der Waals surface area (Å²) in [5.41, 5.74) is -0.348. The van der Waals surface area contributed by atoms with E-state index in [1.54, 1.807) is 43.5 Å². The Morgan fingerprint density at radius 1 is 0.905 bits per heavy atom. The zero-order valence-electron chi connectivity index (χ0n) is 22.1. The Balaban J connectivity index is 1.66. The van der Waals surface area contributed by atoms with Gasteiger partial charge in [0.2, 0.25) is 0 Å². The number of aromatic nitrogens is 3. The number of esters is 1. The molecule has 0 saturated heterocycles. The Bertz CT molecular complexity index is 1850. The molecule has 214 valence electrons. The minimum atomic E-state index is -4.87. The fraction of sp³-hybridized carbons (Fsp3) is 0.100. The van der Waals surface area contributed by atoms with Crippen LogP contribution in [0.3, 0.4) is 0 Å². The van der Waals surface area contributed by atoms with E-state index >= 15 is 8.78 Å². The van der Waals surface area contributed by atoms with Crippen LogP contribution in [0.1, 0.15) is 17.3 Å². The molecule has 0 bridgehead atoms. The van der Waals surface area contributed by atoms with E-state index in [0.717, 1.165) is 24.3 Å². The highest BCUT2D eigenvalue weighted by Gasteiger charge is 2.33. The third kappa shape index (κ3) is 5.48. The lowest BCUT2D eigenvalue weighted by Crippen LogP contribution is -2.35. The Hall–Kier alpha value is -4.97. The predicted octanol–water partition coefficient (Wildman–Crippen LogP) is 6.06. The van der Waals surface area contributed by atoms with Crippen LogP contribution in [0.15, 0.2) is 102 Å². The van der Waals surface area contributed by atoms with Crippen molar-refractivity contribution >= 4 is 21.7 Å². The van der Waals surface area contributed by atoms with E-state index in [-0.39, 0.29) is 11.3 Å². The second kappa shape index (κ2) is 11.9. The van der Waals surface area contributed by atoms with Gasteiger partial charge in [-0.05, 0) is 61.0 Å². The van der Waals surface area contributed by atoms with Crippen LogP contribution in [-0.2, 0) is 21.3 Å². The maximum atomic E-state index is 16.4. The van der Waals surface area contributed by atoms with Crippen LogP contribution >= 0.6 is 0 Å². The zero-order chi connectivity index (χ0) is 29.9. The van der Waals surface area contributed by atoms with Gasteiger partial charge in [-0.25, -0.2) is 30.7 Å². The van der Waals surface area contributed by atoms with Gasteiger partial charge in [-0.2, -0.15) is 5.10 Å². The lowest BCUT2D eigenvalue weighted by molar-refractivity contribution is 0.0519. The monoisotopic (exact) mass is 592 g/mol. The van der Waals surface area contributed by atoms with Crippen LogP contribution in [-0.4, -0.2) is 35.9 Å². The molecule has 0 N–H and O–H groups in total. The van der Waals surface area contributed by atoms with Crippen LogP contribution < -0.4 is 4.31 Å². The molecule has 42 heavy (non-hydrogen) atoms. The van der Waals surface area contributed by atoms with Gasteiger partial charge in [0.1, 0.15) is 22.2 Å². The minimum Gasteiger partial charge on any atom is -0.440 e. The maximum Gasteiger partial charge on any atom is 0.339 e. The van der Waals surface area contributed by atoms with Gasteiger partial charge >= 0.3 is 5.97 Å². The van der Waals surface area contributed by atoms with Crippen LogP contribution in [0.5, 0.6) is 0 Å². The number of rotatable bonds is 9. The smallest absolute Gasteiger partial charge is 0.339 e. The van der Waals surface area contributed by atoms with Crippen molar-refractivity contribution in [2.45, 2.75) is 18.4 Å². The first-order chi connectivity index (χ1) is 20.2. The van der Waals surface area contributed by atoms with Crippen LogP contribution in [0, 0.1) is 17.5 Å². The number of carbonyl (C=O) groups excluding carboxylic acids is 1. The maximum absolute atomic E-state index is 16.4. The molecule has 0 atom stereocenters. The normalized spacial score (nSPS) is 11.3. The van der Waals surface area contributed by atoms with E-state index in [4.69, 9.17) is 4.74 Å². The standard InChI is InChI=1S/C30H23F3N4O4S/c1-2-36-18-22(20-14-16-34-17-15-20)29(35-36)27-24(32)12-13-25(28(27)33)37(19-41-30(38)21-8-4-3-5-9-21)42(39,40)26-11-7-6-10-23(26)31/h3-18H,2,19H2,1H3. The van der Waals surface area contributed by atoms with E-state index in [1.165, 1.54) is 41.3 Å². The Kier molecular flexibility index (Phi) is 8.07. The molecule has 2 heterocycles. The summed E-state index contributed by atoms with van der Waals surface area (Å²) in [4.78, 5) is 15.9. The number of halogens is 3. The highest BCUT2D eigenvalue weighted by Crippen LogP contribution is 2.39. The SMILES string of the molecule is CCn1cc(-c2ccncc2)c(-c2c(F)ccc(N(COC(=O)c3ccccc3)S(=O)(=O)c3ccccc3F)c2F)n1. The number of hydrogen-bond donors (Lipinski definition) is 0. The lowest BCUT2D eigenvalue weighted by atomic mass is 10.0. The summed E-state index contributed by atoms with van der Waals surface area (Å²) in [7, 11) is -4.87. The molecule has 0 fully saturated rings. The Labute approximate surface area is 239 Å². The minimum absolute atomic E-state index is 0.0931. The summed E-state index contributed by atoms with van der Waals surface area (Å²) in [5.74, 6) is -4.34. The average molecular weight is 593 g/mol. The first-order valence-electron chi connectivity index (χ1n) is 12.7. The van der Waals surface area contributed by atoms with Gasteiger partial charge in [-0.1, -0.05) is 30.3 Å². The van der Waals surface area contributed by atoms with E-state index < -0.39 is 56.3 Å². The topological polar surface area (TPSA) is 94.4 Å². The second-order valence-corrected chi connectivity index (χ2v) is 10.8. The summed E-state index contributed by atoms with van der Waals surface area (Å²) in [6.45, 7) is 1.14. The molecule has 0 aliphatic rings. The molecule has 5 aromatic rings. The van der Waals surface area contributed by atoms with Gasteiger partial charge in [0, 0.05) is 30.7 Å². The van der Waals surface area contributed by atoms with Crippen molar-refractivity contribution in [3.05, 3.63) is 120 Å². The fourth-order valence-electron chi connectivity index (χ4n) is 4.28. The Morgan fingerprint density at radius 2 is 1.60 bits per heavy atom. The number of sulfonamides is 1. The summed E-state index contributed by atoms with van der Waals surface area (Å²) in [5, 5.41) is 4.35. The molecule has 0 unspecified atom stereocenters. The molecular weight excluding hydrogens is 569 g/mol. The van der Waals surface area contributed by atoms with Crippen molar-refractivity contribution in [2.75, 3.05) is 11.0 Å². The third-order valence-corrected chi connectivity index (χ3v) is 8.15. The zero-order valence-corrected chi connectivity index (χ0v) is 22.9.